The Bertz CT molecular complexity index is 421. The number of rotatable bonds is 3. The smallest absolute Gasteiger partial charge is 0.313 e. The zero-order valence-corrected chi connectivity index (χ0v) is 8.65. The molecule has 1 atom stereocenters. The summed E-state index contributed by atoms with van der Waals surface area (Å²) in [5.41, 5.74) is 1.14. The van der Waals surface area contributed by atoms with Crippen molar-refractivity contribution in [2.24, 2.45) is 5.92 Å². The van der Waals surface area contributed by atoms with Crippen LogP contribution in [0.2, 0.25) is 0 Å². The van der Waals surface area contributed by atoms with Gasteiger partial charge in [-0.3, -0.25) is 9.59 Å². The third kappa shape index (κ3) is 1.12. The Morgan fingerprint density at radius 3 is 2.27 bits per heavy atom. The third-order valence-corrected chi connectivity index (χ3v) is 3.27. The summed E-state index contributed by atoms with van der Waals surface area (Å²) in [6.45, 7) is 3.23. The molecule has 15 heavy (non-hydrogen) atoms. The van der Waals surface area contributed by atoms with Gasteiger partial charge in [-0.15, -0.1) is 0 Å². The average Bonchev–Trinajstić information content (AvgIpc) is 2.26. The van der Waals surface area contributed by atoms with Crippen molar-refractivity contribution in [3.63, 3.8) is 0 Å². The van der Waals surface area contributed by atoms with Crippen molar-refractivity contribution in [2.45, 2.75) is 19.3 Å². The van der Waals surface area contributed by atoms with E-state index in [1.165, 1.54) is 6.92 Å². The molecular weight excluding hydrogens is 192 g/mol. The Balaban J connectivity index is 2.34. The first kappa shape index (κ1) is 9.90. The minimum atomic E-state index is -1.06. The van der Waals surface area contributed by atoms with Gasteiger partial charge in [0.1, 0.15) is 5.92 Å². The number of carbonyl (C=O) groups excluding carboxylic acids is 1. The number of ketones is 1. The summed E-state index contributed by atoms with van der Waals surface area (Å²) in [7, 11) is 0. The summed E-state index contributed by atoms with van der Waals surface area (Å²) >= 11 is 0. The summed E-state index contributed by atoms with van der Waals surface area (Å²) < 4.78 is 0. The molecule has 2 bridgehead atoms. The fourth-order valence-corrected chi connectivity index (χ4v) is 2.06. The SMILES string of the molecule is CC(C(=O)O)C(=O)C1(C)c2cccc1c2. The number of hydrogen-bond donors (Lipinski definition) is 1. The van der Waals surface area contributed by atoms with Crippen molar-refractivity contribution in [1.82, 2.24) is 0 Å². The van der Waals surface area contributed by atoms with Crippen molar-refractivity contribution >= 4 is 11.8 Å². The maximum absolute atomic E-state index is 12.0. The standard InChI is InChI=1S/C12H12O3/c1-7(11(14)15)10(13)12(2)8-4-3-5-9(12)6-8/h3-7H,1-2H3,(H,14,15). The summed E-state index contributed by atoms with van der Waals surface area (Å²) in [6.07, 6.45) is 0. The molecule has 2 aliphatic rings. The number of aliphatic carboxylic acids is 1. The van der Waals surface area contributed by atoms with Gasteiger partial charge in [0.05, 0.1) is 5.41 Å². The van der Waals surface area contributed by atoms with Gasteiger partial charge in [-0.25, -0.2) is 0 Å². The molecule has 0 fully saturated rings. The quantitative estimate of drug-likeness (QED) is 0.761. The second-order valence-electron chi connectivity index (χ2n) is 4.13. The van der Waals surface area contributed by atoms with E-state index in [0.29, 0.717) is 0 Å². The van der Waals surface area contributed by atoms with Crippen molar-refractivity contribution < 1.29 is 14.7 Å². The highest BCUT2D eigenvalue weighted by atomic mass is 16.4. The van der Waals surface area contributed by atoms with Crippen LogP contribution >= 0.6 is 0 Å². The van der Waals surface area contributed by atoms with Gasteiger partial charge < -0.3 is 5.11 Å². The fraction of sp³-hybridized carbons (Fsp3) is 0.333. The topological polar surface area (TPSA) is 54.4 Å². The summed E-state index contributed by atoms with van der Waals surface area (Å²) in [6, 6.07) is 7.52. The molecule has 1 N–H and O–H groups in total. The predicted molar refractivity (Wildman–Crippen MR) is 54.7 cm³/mol. The number of carbonyl (C=O) groups is 2. The van der Waals surface area contributed by atoms with Crippen molar-refractivity contribution in [3.05, 3.63) is 35.4 Å². The molecule has 0 heterocycles. The number of hydrogen-bond acceptors (Lipinski definition) is 2. The van der Waals surface area contributed by atoms with Gasteiger partial charge in [-0.2, -0.15) is 0 Å². The molecule has 0 amide bonds. The summed E-state index contributed by atoms with van der Waals surface area (Å²) in [5, 5.41) is 8.82. The van der Waals surface area contributed by atoms with Crippen LogP contribution in [0.25, 0.3) is 0 Å². The minimum Gasteiger partial charge on any atom is -0.481 e. The van der Waals surface area contributed by atoms with Gasteiger partial charge in [-0.1, -0.05) is 24.3 Å². The molecule has 3 heteroatoms. The molecule has 2 aliphatic carbocycles. The van der Waals surface area contributed by atoms with Crippen LogP contribution in [0, 0.1) is 5.92 Å². The highest BCUT2D eigenvalue weighted by molar-refractivity contribution is 6.06. The predicted octanol–water partition coefficient (Wildman–Crippen LogP) is 1.60. The van der Waals surface area contributed by atoms with E-state index in [1.807, 2.05) is 24.3 Å². The molecule has 78 valence electrons. The molecule has 0 aromatic heterocycles. The molecule has 1 aromatic rings. The van der Waals surface area contributed by atoms with E-state index in [-0.39, 0.29) is 5.78 Å². The molecule has 0 saturated heterocycles. The van der Waals surface area contributed by atoms with Crippen molar-refractivity contribution in [2.75, 3.05) is 0 Å². The van der Waals surface area contributed by atoms with Crippen molar-refractivity contribution in [3.8, 4) is 0 Å². The number of Topliss-reactive ketones (excluding diaryl/α,β-unsaturated/α-hetero) is 1. The van der Waals surface area contributed by atoms with Crippen LogP contribution in [0.15, 0.2) is 24.3 Å². The lowest BCUT2D eigenvalue weighted by molar-refractivity contribution is -0.146. The van der Waals surface area contributed by atoms with Crippen LogP contribution in [0.1, 0.15) is 25.0 Å². The van der Waals surface area contributed by atoms with Gasteiger partial charge in [0.25, 0.3) is 0 Å². The second-order valence-corrected chi connectivity index (χ2v) is 4.13. The average molecular weight is 204 g/mol. The molecule has 3 rings (SSSR count). The Morgan fingerprint density at radius 1 is 1.33 bits per heavy atom. The van der Waals surface area contributed by atoms with E-state index < -0.39 is 17.3 Å². The number of benzene rings is 1. The molecule has 0 saturated carbocycles. The lowest BCUT2D eigenvalue weighted by atomic mass is 9.62. The summed E-state index contributed by atoms with van der Waals surface area (Å²) in [5.74, 6) is -2.24. The van der Waals surface area contributed by atoms with Crippen LogP contribution in [-0.2, 0) is 15.0 Å². The van der Waals surface area contributed by atoms with Crippen LogP contribution in [0.5, 0.6) is 0 Å². The van der Waals surface area contributed by atoms with E-state index >= 15 is 0 Å². The first-order valence-corrected chi connectivity index (χ1v) is 4.86. The van der Waals surface area contributed by atoms with Gasteiger partial charge in [0, 0.05) is 0 Å². The fourth-order valence-electron chi connectivity index (χ4n) is 2.06. The summed E-state index contributed by atoms with van der Waals surface area (Å²) in [4.78, 5) is 22.8. The maximum atomic E-state index is 12.0. The Hall–Kier alpha value is -1.64. The number of carboxylic acid groups (broad SMARTS) is 1. The number of carboxylic acids is 1. The maximum Gasteiger partial charge on any atom is 0.313 e. The van der Waals surface area contributed by atoms with Crippen LogP contribution < -0.4 is 0 Å². The lowest BCUT2D eigenvalue weighted by Crippen LogP contribution is -2.44. The molecule has 1 aromatic carbocycles. The second kappa shape index (κ2) is 2.92. The van der Waals surface area contributed by atoms with Crippen LogP contribution in [-0.4, -0.2) is 16.9 Å². The lowest BCUT2D eigenvalue weighted by Gasteiger charge is -2.38. The molecule has 1 unspecified atom stereocenters. The van der Waals surface area contributed by atoms with Crippen LogP contribution in [0.3, 0.4) is 0 Å². The van der Waals surface area contributed by atoms with Gasteiger partial charge in [0.15, 0.2) is 5.78 Å². The van der Waals surface area contributed by atoms with Crippen LogP contribution in [0.4, 0.5) is 0 Å². The highest BCUT2D eigenvalue weighted by Crippen LogP contribution is 2.43. The van der Waals surface area contributed by atoms with E-state index in [1.54, 1.807) is 6.92 Å². The monoisotopic (exact) mass is 204 g/mol. The highest BCUT2D eigenvalue weighted by Gasteiger charge is 2.46. The van der Waals surface area contributed by atoms with Gasteiger partial charge in [-0.05, 0) is 25.0 Å². The zero-order chi connectivity index (χ0) is 11.2. The largest absolute Gasteiger partial charge is 0.481 e. The van der Waals surface area contributed by atoms with E-state index in [4.69, 9.17) is 5.11 Å². The minimum absolute atomic E-state index is 0.233. The zero-order valence-electron chi connectivity index (χ0n) is 8.65. The van der Waals surface area contributed by atoms with Gasteiger partial charge in [0.2, 0.25) is 0 Å². The molecular formula is C12H12O3. The first-order chi connectivity index (χ1) is 6.98. The third-order valence-electron chi connectivity index (χ3n) is 3.27. The van der Waals surface area contributed by atoms with Crippen molar-refractivity contribution in [1.29, 1.82) is 0 Å². The van der Waals surface area contributed by atoms with E-state index in [0.717, 1.165) is 11.1 Å². The number of fused-ring (bicyclic) bond motifs is 2. The normalized spacial score (nSPS) is 17.7. The van der Waals surface area contributed by atoms with E-state index in [2.05, 4.69) is 0 Å². The Morgan fingerprint density at radius 2 is 1.87 bits per heavy atom. The molecule has 0 aliphatic heterocycles. The van der Waals surface area contributed by atoms with Gasteiger partial charge >= 0.3 is 5.97 Å². The molecule has 3 nitrogen and oxygen atoms in total. The molecule has 0 spiro atoms. The first-order valence-electron chi connectivity index (χ1n) is 4.86. The Kier molecular flexibility index (Phi) is 1.93. The Labute approximate surface area is 87.7 Å². The molecule has 0 radical (unpaired) electrons. The van der Waals surface area contributed by atoms with E-state index in [9.17, 15) is 9.59 Å².